The van der Waals surface area contributed by atoms with Gasteiger partial charge in [0.25, 0.3) is 0 Å². The second kappa shape index (κ2) is 7.03. The van der Waals surface area contributed by atoms with Gasteiger partial charge in [-0.25, -0.2) is 0 Å². The molecule has 0 bridgehead atoms. The van der Waals surface area contributed by atoms with Crippen molar-refractivity contribution < 1.29 is 0 Å². The zero-order valence-corrected chi connectivity index (χ0v) is 11.7. The molecule has 0 N–H and O–H groups in total. The summed E-state index contributed by atoms with van der Waals surface area (Å²) in [5.41, 5.74) is 0. The second-order valence-electron chi connectivity index (χ2n) is 4.99. The average molecular weight is 250 g/mol. The fraction of sp³-hybridized carbons (Fsp3) is 1.00. The Morgan fingerprint density at radius 2 is 1.93 bits per heavy atom. The van der Waals surface area contributed by atoms with Gasteiger partial charge in [-0.2, -0.15) is 11.8 Å². The monoisotopic (exact) mass is 249 g/mol. The highest BCUT2D eigenvalue weighted by molar-refractivity contribution is 8.00. The molecule has 1 nitrogen and oxygen atoms in total. The van der Waals surface area contributed by atoms with Gasteiger partial charge in [-0.15, -0.1) is 11.6 Å². The molecule has 0 aliphatic carbocycles. The SMILES string of the molecule is CC1(C)CN(CCCCCCCl)CCS1. The number of halogens is 1. The zero-order chi connectivity index (χ0) is 11.1. The van der Waals surface area contributed by atoms with E-state index >= 15 is 0 Å². The summed E-state index contributed by atoms with van der Waals surface area (Å²) in [6.45, 7) is 8.54. The van der Waals surface area contributed by atoms with Crippen LogP contribution in [-0.2, 0) is 0 Å². The number of hydrogen-bond donors (Lipinski definition) is 0. The highest BCUT2D eigenvalue weighted by Crippen LogP contribution is 2.29. The van der Waals surface area contributed by atoms with Gasteiger partial charge in [0.2, 0.25) is 0 Å². The van der Waals surface area contributed by atoms with E-state index in [4.69, 9.17) is 11.6 Å². The van der Waals surface area contributed by atoms with Crippen molar-refractivity contribution in [2.24, 2.45) is 0 Å². The molecule has 0 saturated carbocycles. The van der Waals surface area contributed by atoms with Crippen LogP contribution in [0.4, 0.5) is 0 Å². The summed E-state index contributed by atoms with van der Waals surface area (Å²) < 4.78 is 0.467. The lowest BCUT2D eigenvalue weighted by Crippen LogP contribution is -2.43. The van der Waals surface area contributed by atoms with Crippen molar-refractivity contribution in [1.29, 1.82) is 0 Å². The lowest BCUT2D eigenvalue weighted by molar-refractivity contribution is 0.255. The number of hydrogen-bond acceptors (Lipinski definition) is 2. The van der Waals surface area contributed by atoms with E-state index in [2.05, 4.69) is 30.5 Å². The predicted molar refractivity (Wildman–Crippen MR) is 72.2 cm³/mol. The largest absolute Gasteiger partial charge is 0.301 e. The van der Waals surface area contributed by atoms with E-state index in [1.807, 2.05) is 0 Å². The third kappa shape index (κ3) is 6.03. The molecule has 1 heterocycles. The molecule has 0 atom stereocenters. The Kier molecular flexibility index (Phi) is 6.40. The predicted octanol–water partition coefficient (Wildman–Crippen LogP) is 3.61. The van der Waals surface area contributed by atoms with Gasteiger partial charge in [-0.05, 0) is 33.2 Å². The van der Waals surface area contributed by atoms with Crippen LogP contribution in [0.5, 0.6) is 0 Å². The maximum absolute atomic E-state index is 5.65. The molecule has 0 aromatic rings. The van der Waals surface area contributed by atoms with Crippen LogP contribution in [0.25, 0.3) is 0 Å². The van der Waals surface area contributed by atoms with E-state index in [-0.39, 0.29) is 0 Å². The van der Waals surface area contributed by atoms with Gasteiger partial charge in [-0.1, -0.05) is 12.8 Å². The Hall–Kier alpha value is 0.600. The van der Waals surface area contributed by atoms with Crippen LogP contribution in [0.3, 0.4) is 0 Å². The second-order valence-corrected chi connectivity index (χ2v) is 7.17. The van der Waals surface area contributed by atoms with Crippen LogP contribution in [0.1, 0.15) is 39.5 Å². The summed E-state index contributed by atoms with van der Waals surface area (Å²) in [6.07, 6.45) is 5.17. The molecule has 1 rings (SSSR count). The van der Waals surface area contributed by atoms with E-state index < -0.39 is 0 Å². The Labute approximate surface area is 104 Å². The van der Waals surface area contributed by atoms with Gasteiger partial charge in [0.15, 0.2) is 0 Å². The zero-order valence-electron chi connectivity index (χ0n) is 10.1. The molecule has 0 amide bonds. The average Bonchev–Trinajstić information content (AvgIpc) is 2.16. The van der Waals surface area contributed by atoms with Gasteiger partial charge in [-0.3, -0.25) is 0 Å². The van der Waals surface area contributed by atoms with Gasteiger partial charge in [0.1, 0.15) is 0 Å². The van der Waals surface area contributed by atoms with Crippen LogP contribution in [-0.4, -0.2) is 40.9 Å². The number of unbranched alkanes of at least 4 members (excludes halogenated alkanes) is 3. The first-order valence-electron chi connectivity index (χ1n) is 6.06. The molecule has 1 aliphatic heterocycles. The summed E-state index contributed by atoms with van der Waals surface area (Å²) in [4.78, 5) is 2.62. The Morgan fingerprint density at radius 3 is 2.60 bits per heavy atom. The number of nitrogens with zero attached hydrogens (tertiary/aromatic N) is 1. The highest BCUT2D eigenvalue weighted by Gasteiger charge is 2.26. The molecule has 0 unspecified atom stereocenters. The number of rotatable bonds is 6. The van der Waals surface area contributed by atoms with Crippen LogP contribution in [0.15, 0.2) is 0 Å². The maximum atomic E-state index is 5.65. The van der Waals surface area contributed by atoms with E-state index in [0.29, 0.717) is 4.75 Å². The van der Waals surface area contributed by atoms with Crippen molar-refractivity contribution in [3.05, 3.63) is 0 Å². The molecular formula is C12H24ClNS. The van der Waals surface area contributed by atoms with E-state index in [1.165, 1.54) is 51.1 Å². The van der Waals surface area contributed by atoms with E-state index in [1.54, 1.807) is 0 Å². The molecule has 1 aliphatic rings. The lowest BCUT2D eigenvalue weighted by atomic mass is 10.1. The first-order chi connectivity index (χ1) is 7.14. The van der Waals surface area contributed by atoms with Gasteiger partial charge in [0, 0.05) is 29.5 Å². The molecule has 3 heteroatoms. The third-order valence-corrected chi connectivity index (χ3v) is 4.43. The van der Waals surface area contributed by atoms with Crippen molar-refractivity contribution in [3.63, 3.8) is 0 Å². The van der Waals surface area contributed by atoms with Crippen LogP contribution >= 0.6 is 23.4 Å². The Balaban J connectivity index is 2.05. The molecule has 1 saturated heterocycles. The van der Waals surface area contributed by atoms with Gasteiger partial charge >= 0.3 is 0 Å². The van der Waals surface area contributed by atoms with Crippen molar-refractivity contribution in [2.45, 2.75) is 44.3 Å². The van der Waals surface area contributed by atoms with Gasteiger partial charge in [0.05, 0.1) is 0 Å². The minimum Gasteiger partial charge on any atom is -0.301 e. The topological polar surface area (TPSA) is 3.24 Å². The summed E-state index contributed by atoms with van der Waals surface area (Å²) in [5, 5.41) is 0. The molecule has 0 radical (unpaired) electrons. The highest BCUT2D eigenvalue weighted by atomic mass is 35.5. The molecular weight excluding hydrogens is 226 g/mol. The molecule has 15 heavy (non-hydrogen) atoms. The Bertz CT molecular complexity index is 173. The molecule has 90 valence electrons. The molecule has 0 aromatic heterocycles. The smallest absolute Gasteiger partial charge is 0.0231 e. The maximum Gasteiger partial charge on any atom is 0.0231 e. The number of alkyl halides is 1. The summed E-state index contributed by atoms with van der Waals surface area (Å²) in [5.74, 6) is 2.13. The quantitative estimate of drug-likeness (QED) is 0.523. The first-order valence-corrected chi connectivity index (χ1v) is 7.58. The fourth-order valence-electron chi connectivity index (χ4n) is 2.09. The third-order valence-electron chi connectivity index (χ3n) is 2.86. The lowest BCUT2D eigenvalue weighted by Gasteiger charge is -2.37. The minimum atomic E-state index is 0.467. The van der Waals surface area contributed by atoms with Crippen LogP contribution in [0.2, 0.25) is 0 Å². The summed E-state index contributed by atoms with van der Waals surface area (Å²) >= 11 is 7.77. The van der Waals surface area contributed by atoms with Crippen molar-refractivity contribution in [1.82, 2.24) is 4.90 Å². The van der Waals surface area contributed by atoms with Crippen molar-refractivity contribution in [2.75, 3.05) is 31.3 Å². The van der Waals surface area contributed by atoms with E-state index in [0.717, 1.165) is 5.88 Å². The molecule has 0 aromatic carbocycles. The standard InChI is InChI=1S/C12H24ClNS/c1-12(2)11-14(9-10-15-12)8-6-4-3-5-7-13/h3-11H2,1-2H3. The number of thioether (sulfide) groups is 1. The normalized spacial score (nSPS) is 21.8. The van der Waals surface area contributed by atoms with Crippen molar-refractivity contribution in [3.8, 4) is 0 Å². The van der Waals surface area contributed by atoms with Crippen LogP contribution < -0.4 is 0 Å². The summed E-state index contributed by atoms with van der Waals surface area (Å²) in [7, 11) is 0. The van der Waals surface area contributed by atoms with Gasteiger partial charge < -0.3 is 4.90 Å². The fourth-order valence-corrected chi connectivity index (χ4v) is 3.45. The van der Waals surface area contributed by atoms with Crippen molar-refractivity contribution >= 4 is 23.4 Å². The first kappa shape index (κ1) is 13.7. The van der Waals surface area contributed by atoms with Crippen LogP contribution in [0, 0.1) is 0 Å². The molecule has 0 spiro atoms. The molecule has 1 fully saturated rings. The van der Waals surface area contributed by atoms with E-state index in [9.17, 15) is 0 Å². The summed E-state index contributed by atoms with van der Waals surface area (Å²) in [6, 6.07) is 0. The Morgan fingerprint density at radius 1 is 1.20 bits per heavy atom. The minimum absolute atomic E-state index is 0.467.